The monoisotopic (exact) mass is 276 g/mol. The minimum Gasteiger partial charge on any atom is -0.382 e. The van der Waals surface area contributed by atoms with Gasteiger partial charge in [0.15, 0.2) is 0 Å². The van der Waals surface area contributed by atoms with Gasteiger partial charge in [0.1, 0.15) is 5.82 Å². The lowest BCUT2D eigenvalue weighted by Gasteiger charge is -2.33. The van der Waals surface area contributed by atoms with Crippen LogP contribution in [0.5, 0.6) is 0 Å². The minimum atomic E-state index is 0.0577. The predicted molar refractivity (Wildman–Crippen MR) is 68.1 cm³/mol. The van der Waals surface area contributed by atoms with Crippen molar-refractivity contribution in [1.29, 1.82) is 0 Å². The van der Waals surface area contributed by atoms with Crippen LogP contribution in [0.2, 0.25) is 10.0 Å². The largest absolute Gasteiger partial charge is 0.382 e. The van der Waals surface area contributed by atoms with Crippen LogP contribution < -0.4 is 4.90 Å². The standard InChI is InChI=1S/C11H14Cl2N2O2/c1-16-7-9-6-15(2-3-17-9)11-10(13)4-8(12)5-14-11/h4-5,9H,2-3,6-7H2,1H3. The number of hydrogen-bond acceptors (Lipinski definition) is 4. The number of halogens is 2. The molecule has 1 atom stereocenters. The first kappa shape index (κ1) is 12.9. The summed E-state index contributed by atoms with van der Waals surface area (Å²) in [5, 5.41) is 1.11. The average molecular weight is 277 g/mol. The van der Waals surface area contributed by atoms with Gasteiger partial charge in [-0.3, -0.25) is 0 Å². The van der Waals surface area contributed by atoms with Crippen LogP contribution in [0, 0.1) is 0 Å². The van der Waals surface area contributed by atoms with E-state index < -0.39 is 0 Å². The van der Waals surface area contributed by atoms with E-state index >= 15 is 0 Å². The molecule has 17 heavy (non-hydrogen) atoms. The van der Waals surface area contributed by atoms with E-state index in [4.69, 9.17) is 32.7 Å². The molecule has 0 N–H and O–H groups in total. The fourth-order valence-corrected chi connectivity index (χ4v) is 2.34. The van der Waals surface area contributed by atoms with Crippen molar-refractivity contribution in [1.82, 2.24) is 4.98 Å². The van der Waals surface area contributed by atoms with Crippen LogP contribution in [-0.2, 0) is 9.47 Å². The minimum absolute atomic E-state index is 0.0577. The SMILES string of the molecule is COCC1CN(c2ncc(Cl)cc2Cl)CCO1. The highest BCUT2D eigenvalue weighted by atomic mass is 35.5. The van der Waals surface area contributed by atoms with Crippen LogP contribution >= 0.6 is 23.2 Å². The quantitative estimate of drug-likeness (QED) is 0.848. The molecule has 1 aliphatic rings. The Balaban J connectivity index is 2.10. The summed E-state index contributed by atoms with van der Waals surface area (Å²) in [4.78, 5) is 6.35. The van der Waals surface area contributed by atoms with Crippen molar-refractivity contribution in [3.05, 3.63) is 22.3 Å². The Hall–Kier alpha value is -0.550. The molecule has 1 aliphatic heterocycles. The Labute approximate surface area is 110 Å². The van der Waals surface area contributed by atoms with Crippen molar-refractivity contribution in [3.63, 3.8) is 0 Å². The number of ether oxygens (including phenoxy) is 2. The lowest BCUT2D eigenvalue weighted by atomic mass is 10.3. The van der Waals surface area contributed by atoms with Gasteiger partial charge in [-0.25, -0.2) is 4.98 Å². The summed E-state index contributed by atoms with van der Waals surface area (Å²) in [7, 11) is 1.66. The average Bonchev–Trinajstić information content (AvgIpc) is 2.29. The first-order chi connectivity index (χ1) is 8.20. The number of morpholine rings is 1. The van der Waals surface area contributed by atoms with Gasteiger partial charge in [0, 0.05) is 26.4 Å². The first-order valence-corrected chi connectivity index (χ1v) is 6.13. The van der Waals surface area contributed by atoms with Crippen molar-refractivity contribution < 1.29 is 9.47 Å². The fourth-order valence-electron chi connectivity index (χ4n) is 1.84. The summed E-state index contributed by atoms with van der Waals surface area (Å²) < 4.78 is 10.7. The molecule has 1 aromatic heterocycles. The molecule has 0 saturated carbocycles. The second-order valence-electron chi connectivity index (χ2n) is 3.85. The molecule has 1 fully saturated rings. The molecular formula is C11H14Cl2N2O2. The molecule has 0 spiro atoms. The number of anilines is 1. The highest BCUT2D eigenvalue weighted by Gasteiger charge is 2.22. The van der Waals surface area contributed by atoms with Crippen LogP contribution in [-0.4, -0.2) is 44.5 Å². The molecule has 94 valence electrons. The summed E-state index contributed by atoms with van der Waals surface area (Å²) in [6, 6.07) is 1.70. The Kier molecular flexibility index (Phi) is 4.45. The van der Waals surface area contributed by atoms with Crippen molar-refractivity contribution >= 4 is 29.0 Å². The first-order valence-electron chi connectivity index (χ1n) is 5.37. The maximum Gasteiger partial charge on any atom is 0.147 e. The number of rotatable bonds is 3. The lowest BCUT2D eigenvalue weighted by Crippen LogP contribution is -2.44. The molecule has 4 nitrogen and oxygen atoms in total. The van der Waals surface area contributed by atoms with Crippen molar-refractivity contribution in [2.24, 2.45) is 0 Å². The van der Waals surface area contributed by atoms with E-state index in [2.05, 4.69) is 9.88 Å². The molecule has 0 aromatic carbocycles. The third kappa shape index (κ3) is 3.22. The summed E-state index contributed by atoms with van der Waals surface area (Å²) in [6.07, 6.45) is 1.66. The molecule has 1 unspecified atom stereocenters. The van der Waals surface area contributed by atoms with Crippen molar-refractivity contribution in [2.45, 2.75) is 6.10 Å². The number of aromatic nitrogens is 1. The van der Waals surface area contributed by atoms with Gasteiger partial charge in [0.2, 0.25) is 0 Å². The van der Waals surface area contributed by atoms with E-state index in [9.17, 15) is 0 Å². The molecule has 0 aliphatic carbocycles. The Morgan fingerprint density at radius 1 is 1.59 bits per heavy atom. The number of hydrogen-bond donors (Lipinski definition) is 0. The van der Waals surface area contributed by atoms with Gasteiger partial charge in [0.25, 0.3) is 0 Å². The lowest BCUT2D eigenvalue weighted by molar-refractivity contribution is -0.0102. The van der Waals surface area contributed by atoms with Gasteiger partial charge < -0.3 is 14.4 Å². The Bertz CT molecular complexity index is 388. The van der Waals surface area contributed by atoms with E-state index in [0.29, 0.717) is 23.3 Å². The van der Waals surface area contributed by atoms with E-state index in [-0.39, 0.29) is 6.10 Å². The van der Waals surface area contributed by atoms with Gasteiger partial charge >= 0.3 is 0 Å². The highest BCUT2D eigenvalue weighted by Crippen LogP contribution is 2.27. The van der Waals surface area contributed by atoms with Crippen LogP contribution in [0.15, 0.2) is 12.3 Å². The molecule has 0 radical (unpaired) electrons. The Morgan fingerprint density at radius 2 is 2.41 bits per heavy atom. The van der Waals surface area contributed by atoms with Crippen molar-refractivity contribution in [3.8, 4) is 0 Å². The normalized spacial score (nSPS) is 20.6. The Morgan fingerprint density at radius 3 is 3.12 bits per heavy atom. The highest BCUT2D eigenvalue weighted by molar-refractivity contribution is 6.36. The zero-order chi connectivity index (χ0) is 12.3. The molecule has 2 rings (SSSR count). The summed E-state index contributed by atoms with van der Waals surface area (Å²) in [6.45, 7) is 2.72. The maximum atomic E-state index is 6.13. The molecule has 0 amide bonds. The van der Waals surface area contributed by atoms with E-state index in [0.717, 1.165) is 18.9 Å². The number of methoxy groups -OCH3 is 1. The van der Waals surface area contributed by atoms with Gasteiger partial charge in [-0.15, -0.1) is 0 Å². The predicted octanol–water partition coefficient (Wildman–Crippen LogP) is 2.24. The van der Waals surface area contributed by atoms with Gasteiger partial charge in [-0.05, 0) is 6.07 Å². The topological polar surface area (TPSA) is 34.6 Å². The summed E-state index contributed by atoms with van der Waals surface area (Å²) >= 11 is 12.0. The van der Waals surface area contributed by atoms with Gasteiger partial charge in [-0.2, -0.15) is 0 Å². The van der Waals surface area contributed by atoms with Crippen molar-refractivity contribution in [2.75, 3.05) is 38.3 Å². The summed E-state index contributed by atoms with van der Waals surface area (Å²) in [5.74, 6) is 0.750. The molecular weight excluding hydrogens is 263 g/mol. The second-order valence-corrected chi connectivity index (χ2v) is 4.70. The molecule has 2 heterocycles. The van der Waals surface area contributed by atoms with E-state index in [1.165, 1.54) is 0 Å². The van der Waals surface area contributed by atoms with Crippen LogP contribution in [0.4, 0.5) is 5.82 Å². The molecule has 0 bridgehead atoms. The smallest absolute Gasteiger partial charge is 0.147 e. The third-order valence-corrected chi connectivity index (χ3v) is 3.06. The van der Waals surface area contributed by atoms with Crippen LogP contribution in [0.25, 0.3) is 0 Å². The van der Waals surface area contributed by atoms with E-state index in [1.807, 2.05) is 0 Å². The van der Waals surface area contributed by atoms with E-state index in [1.54, 1.807) is 19.4 Å². The maximum absolute atomic E-state index is 6.13. The molecule has 6 heteroatoms. The van der Waals surface area contributed by atoms with Crippen LogP contribution in [0.1, 0.15) is 0 Å². The van der Waals surface area contributed by atoms with Gasteiger partial charge in [0.05, 0.1) is 29.4 Å². The van der Waals surface area contributed by atoms with Crippen LogP contribution in [0.3, 0.4) is 0 Å². The number of pyridine rings is 1. The zero-order valence-electron chi connectivity index (χ0n) is 9.53. The zero-order valence-corrected chi connectivity index (χ0v) is 11.0. The second kappa shape index (κ2) is 5.87. The molecule has 1 saturated heterocycles. The van der Waals surface area contributed by atoms with Gasteiger partial charge in [-0.1, -0.05) is 23.2 Å². The number of nitrogens with zero attached hydrogens (tertiary/aromatic N) is 2. The molecule has 1 aromatic rings. The summed E-state index contributed by atoms with van der Waals surface area (Å²) in [5.41, 5.74) is 0. The third-order valence-electron chi connectivity index (χ3n) is 2.58. The fraction of sp³-hybridized carbons (Fsp3) is 0.545.